The third kappa shape index (κ3) is 3.63. The number of aryl methyl sites for hydroxylation is 1. The Morgan fingerprint density at radius 3 is 2.60 bits per heavy atom. The zero-order valence-corrected chi connectivity index (χ0v) is 11.4. The molecule has 0 saturated carbocycles. The molecule has 104 valence electrons. The summed E-state index contributed by atoms with van der Waals surface area (Å²) in [6.45, 7) is 2.54. The molecule has 3 nitrogen and oxygen atoms in total. The van der Waals surface area contributed by atoms with E-state index in [1.807, 2.05) is 19.1 Å². The average molecular weight is 272 g/mol. The molecule has 0 aliphatic carbocycles. The van der Waals surface area contributed by atoms with E-state index in [0.29, 0.717) is 19.4 Å². The van der Waals surface area contributed by atoms with Crippen molar-refractivity contribution in [2.75, 3.05) is 11.4 Å². The van der Waals surface area contributed by atoms with E-state index in [0.717, 1.165) is 11.3 Å². The van der Waals surface area contributed by atoms with Crippen LogP contribution >= 0.6 is 0 Å². The van der Waals surface area contributed by atoms with Gasteiger partial charge in [0.1, 0.15) is 5.82 Å². The highest BCUT2D eigenvalue weighted by Gasteiger charge is 2.13. The van der Waals surface area contributed by atoms with E-state index in [1.54, 1.807) is 29.4 Å². The maximum Gasteiger partial charge on any atom is 0.227 e. The molecule has 0 unspecified atom stereocenters. The predicted octanol–water partition coefficient (Wildman–Crippen LogP) is 3.21. The number of carbonyl (C=O) groups excluding carboxylic acids is 1. The Kier molecular flexibility index (Phi) is 4.82. The zero-order chi connectivity index (χ0) is 14.4. The highest BCUT2D eigenvalue weighted by atomic mass is 19.1. The first-order valence-corrected chi connectivity index (χ1v) is 6.65. The molecule has 4 heteroatoms. The maximum atomic E-state index is 12.8. The molecule has 0 aliphatic heterocycles. The van der Waals surface area contributed by atoms with Gasteiger partial charge in [0.05, 0.1) is 11.9 Å². The molecule has 1 aromatic carbocycles. The summed E-state index contributed by atoms with van der Waals surface area (Å²) in [5.74, 6) is -0.213. The SMILES string of the molecule is CCN(C(=O)CCc1ccc(F)cc1)c1cccnc1. The second-order valence-electron chi connectivity index (χ2n) is 4.48. The quantitative estimate of drug-likeness (QED) is 0.837. The highest BCUT2D eigenvalue weighted by Crippen LogP contribution is 2.14. The number of aromatic nitrogens is 1. The van der Waals surface area contributed by atoms with Crippen LogP contribution in [0.3, 0.4) is 0 Å². The Hall–Kier alpha value is -2.23. The third-order valence-corrected chi connectivity index (χ3v) is 3.12. The fourth-order valence-electron chi connectivity index (χ4n) is 2.05. The van der Waals surface area contributed by atoms with Gasteiger partial charge in [-0.05, 0) is 43.2 Å². The number of hydrogen-bond donors (Lipinski definition) is 0. The van der Waals surface area contributed by atoms with Crippen molar-refractivity contribution in [1.29, 1.82) is 0 Å². The van der Waals surface area contributed by atoms with Crippen LogP contribution in [0.1, 0.15) is 18.9 Å². The van der Waals surface area contributed by atoms with Gasteiger partial charge in [-0.15, -0.1) is 0 Å². The van der Waals surface area contributed by atoms with Gasteiger partial charge in [-0.2, -0.15) is 0 Å². The van der Waals surface area contributed by atoms with Gasteiger partial charge >= 0.3 is 0 Å². The van der Waals surface area contributed by atoms with Gasteiger partial charge in [0.2, 0.25) is 5.91 Å². The molecule has 1 aromatic heterocycles. The van der Waals surface area contributed by atoms with Crippen molar-refractivity contribution >= 4 is 11.6 Å². The van der Waals surface area contributed by atoms with Crippen molar-refractivity contribution in [2.24, 2.45) is 0 Å². The largest absolute Gasteiger partial charge is 0.311 e. The Balaban J connectivity index is 1.98. The fraction of sp³-hybridized carbons (Fsp3) is 0.250. The van der Waals surface area contributed by atoms with Crippen LogP contribution in [0.25, 0.3) is 0 Å². The molecule has 1 heterocycles. The van der Waals surface area contributed by atoms with Crippen LogP contribution in [0.15, 0.2) is 48.8 Å². The Morgan fingerprint density at radius 1 is 1.25 bits per heavy atom. The van der Waals surface area contributed by atoms with E-state index in [9.17, 15) is 9.18 Å². The first-order valence-electron chi connectivity index (χ1n) is 6.65. The molecular weight excluding hydrogens is 255 g/mol. The number of amides is 1. The first kappa shape index (κ1) is 14.2. The zero-order valence-electron chi connectivity index (χ0n) is 11.4. The molecule has 0 saturated heterocycles. The molecule has 1 amide bonds. The van der Waals surface area contributed by atoms with Crippen molar-refractivity contribution in [3.63, 3.8) is 0 Å². The maximum absolute atomic E-state index is 12.8. The Bertz CT molecular complexity index is 554. The first-order chi connectivity index (χ1) is 9.70. The van der Waals surface area contributed by atoms with E-state index in [4.69, 9.17) is 0 Å². The second-order valence-corrected chi connectivity index (χ2v) is 4.48. The summed E-state index contributed by atoms with van der Waals surface area (Å²) in [7, 11) is 0. The minimum Gasteiger partial charge on any atom is -0.311 e. The van der Waals surface area contributed by atoms with Gasteiger partial charge in [0, 0.05) is 19.2 Å². The summed E-state index contributed by atoms with van der Waals surface area (Å²) >= 11 is 0. The summed E-state index contributed by atoms with van der Waals surface area (Å²) < 4.78 is 12.8. The van der Waals surface area contributed by atoms with Gasteiger partial charge in [-0.1, -0.05) is 12.1 Å². The molecule has 0 spiro atoms. The topological polar surface area (TPSA) is 33.2 Å². The Labute approximate surface area is 118 Å². The van der Waals surface area contributed by atoms with Crippen LogP contribution in [0.2, 0.25) is 0 Å². The van der Waals surface area contributed by atoms with Gasteiger partial charge in [-0.25, -0.2) is 4.39 Å². The molecule has 0 N–H and O–H groups in total. The summed E-state index contributed by atoms with van der Waals surface area (Å²) in [5.41, 5.74) is 1.76. The smallest absolute Gasteiger partial charge is 0.227 e. The molecule has 0 atom stereocenters. The fourth-order valence-corrected chi connectivity index (χ4v) is 2.05. The molecule has 20 heavy (non-hydrogen) atoms. The van der Waals surface area contributed by atoms with Crippen LogP contribution in [0.4, 0.5) is 10.1 Å². The minimum absolute atomic E-state index is 0.0461. The van der Waals surface area contributed by atoms with Crippen LogP contribution in [0, 0.1) is 5.82 Å². The van der Waals surface area contributed by atoms with E-state index in [-0.39, 0.29) is 11.7 Å². The van der Waals surface area contributed by atoms with Crippen LogP contribution in [0.5, 0.6) is 0 Å². The van der Waals surface area contributed by atoms with Crippen molar-refractivity contribution < 1.29 is 9.18 Å². The van der Waals surface area contributed by atoms with Crippen LogP contribution in [-0.2, 0) is 11.2 Å². The molecule has 2 aromatic rings. The Morgan fingerprint density at radius 2 is 2.00 bits per heavy atom. The lowest BCUT2D eigenvalue weighted by Crippen LogP contribution is -2.30. The van der Waals surface area contributed by atoms with Crippen molar-refractivity contribution in [2.45, 2.75) is 19.8 Å². The lowest BCUT2D eigenvalue weighted by molar-refractivity contribution is -0.118. The lowest BCUT2D eigenvalue weighted by Gasteiger charge is -2.20. The monoisotopic (exact) mass is 272 g/mol. The predicted molar refractivity (Wildman–Crippen MR) is 77.0 cm³/mol. The molecule has 0 bridgehead atoms. The van der Waals surface area contributed by atoms with Gasteiger partial charge in [0.25, 0.3) is 0 Å². The van der Waals surface area contributed by atoms with Crippen molar-refractivity contribution in [3.8, 4) is 0 Å². The normalized spacial score (nSPS) is 10.3. The summed E-state index contributed by atoms with van der Waals surface area (Å²) in [6, 6.07) is 9.93. The molecular formula is C16H17FN2O. The molecule has 0 aliphatic rings. The second kappa shape index (κ2) is 6.80. The highest BCUT2D eigenvalue weighted by molar-refractivity contribution is 5.93. The molecule has 0 fully saturated rings. The van der Waals surface area contributed by atoms with Gasteiger partial charge in [0.15, 0.2) is 0 Å². The minimum atomic E-state index is -0.259. The number of nitrogens with zero attached hydrogens (tertiary/aromatic N) is 2. The number of carbonyl (C=O) groups is 1. The number of rotatable bonds is 5. The number of benzene rings is 1. The summed E-state index contributed by atoms with van der Waals surface area (Å²) in [6.07, 6.45) is 4.36. The standard InChI is InChI=1S/C16H17FN2O/c1-2-19(15-4-3-11-18-12-15)16(20)10-7-13-5-8-14(17)9-6-13/h3-6,8-9,11-12H,2,7,10H2,1H3. The van der Waals surface area contributed by atoms with Crippen LogP contribution in [-0.4, -0.2) is 17.4 Å². The van der Waals surface area contributed by atoms with E-state index >= 15 is 0 Å². The number of anilines is 1. The molecule has 0 radical (unpaired) electrons. The summed E-state index contributed by atoms with van der Waals surface area (Å²) in [4.78, 5) is 18.0. The number of pyridine rings is 1. The van der Waals surface area contributed by atoms with E-state index < -0.39 is 0 Å². The average Bonchev–Trinajstić information content (AvgIpc) is 2.48. The number of hydrogen-bond acceptors (Lipinski definition) is 2. The van der Waals surface area contributed by atoms with Crippen LogP contribution < -0.4 is 4.90 Å². The lowest BCUT2D eigenvalue weighted by atomic mass is 10.1. The van der Waals surface area contributed by atoms with Crippen molar-refractivity contribution in [1.82, 2.24) is 4.98 Å². The van der Waals surface area contributed by atoms with Gasteiger partial charge in [-0.3, -0.25) is 9.78 Å². The van der Waals surface area contributed by atoms with Gasteiger partial charge < -0.3 is 4.90 Å². The third-order valence-electron chi connectivity index (χ3n) is 3.12. The van der Waals surface area contributed by atoms with E-state index in [1.165, 1.54) is 12.1 Å². The van der Waals surface area contributed by atoms with Crippen molar-refractivity contribution in [3.05, 3.63) is 60.2 Å². The summed E-state index contributed by atoms with van der Waals surface area (Å²) in [5, 5.41) is 0. The number of halogens is 1. The molecule has 2 rings (SSSR count). The van der Waals surface area contributed by atoms with E-state index in [2.05, 4.69) is 4.98 Å².